The number of anilines is 2. The molecule has 3 heterocycles. The average molecular weight is 310 g/mol. The molecule has 0 radical (unpaired) electrons. The second kappa shape index (κ2) is 5.96. The Morgan fingerprint density at radius 3 is 2.61 bits per heavy atom. The van der Waals surface area contributed by atoms with E-state index >= 15 is 0 Å². The molecule has 0 bridgehead atoms. The largest absolute Gasteiger partial charge is 0.381 e. The zero-order valence-electron chi connectivity index (χ0n) is 12.7. The number of benzene rings is 1. The van der Waals surface area contributed by atoms with Crippen molar-refractivity contribution in [1.82, 2.24) is 14.9 Å². The number of carbonyl (C=O) groups excluding carboxylic acids is 1. The smallest absolute Gasteiger partial charge is 0.272 e. The molecule has 1 aromatic carbocycles. The van der Waals surface area contributed by atoms with E-state index in [1.54, 1.807) is 6.07 Å². The van der Waals surface area contributed by atoms with Crippen molar-refractivity contribution in [1.29, 1.82) is 0 Å². The Bertz CT molecular complexity index is 695. The van der Waals surface area contributed by atoms with Crippen LogP contribution in [-0.4, -0.2) is 47.1 Å². The van der Waals surface area contributed by atoms with Crippen LogP contribution in [0.4, 0.5) is 11.5 Å². The van der Waals surface area contributed by atoms with E-state index in [-0.39, 0.29) is 5.91 Å². The predicted molar refractivity (Wildman–Crippen MR) is 85.5 cm³/mol. The highest BCUT2D eigenvalue weighted by molar-refractivity contribution is 5.93. The van der Waals surface area contributed by atoms with E-state index < -0.39 is 0 Å². The maximum absolute atomic E-state index is 12.6. The minimum absolute atomic E-state index is 0.0297. The lowest BCUT2D eigenvalue weighted by molar-refractivity contribution is 0.0745. The molecule has 23 heavy (non-hydrogen) atoms. The van der Waals surface area contributed by atoms with Crippen LogP contribution in [-0.2, 0) is 4.74 Å². The lowest BCUT2D eigenvalue weighted by atomic mass is 10.0. The maximum atomic E-state index is 12.6. The summed E-state index contributed by atoms with van der Waals surface area (Å²) < 4.78 is 5.46. The molecule has 0 spiro atoms. The molecule has 2 fully saturated rings. The minimum atomic E-state index is -0.0297. The summed E-state index contributed by atoms with van der Waals surface area (Å²) >= 11 is 0. The number of hydrogen-bond donors (Lipinski definition) is 1. The maximum Gasteiger partial charge on any atom is 0.272 e. The number of hydrogen-bond acceptors (Lipinski definition) is 5. The van der Waals surface area contributed by atoms with Gasteiger partial charge in [0.15, 0.2) is 0 Å². The van der Waals surface area contributed by atoms with Crippen molar-refractivity contribution < 1.29 is 9.53 Å². The van der Waals surface area contributed by atoms with E-state index in [9.17, 15) is 4.79 Å². The van der Waals surface area contributed by atoms with Gasteiger partial charge in [0.05, 0.1) is 13.2 Å². The number of amides is 1. The van der Waals surface area contributed by atoms with E-state index in [2.05, 4.69) is 15.3 Å². The first-order chi connectivity index (χ1) is 11.3. The molecule has 2 saturated heterocycles. The second-order valence-electron chi connectivity index (χ2n) is 6.05. The van der Waals surface area contributed by atoms with Crippen LogP contribution in [0.15, 0.2) is 42.7 Å². The molecule has 6 heteroatoms. The fourth-order valence-electron chi connectivity index (χ4n) is 3.23. The molecular weight excluding hydrogens is 292 g/mol. The number of likely N-dealkylation sites (tertiary alicyclic amines) is 1. The molecule has 0 aliphatic carbocycles. The van der Waals surface area contributed by atoms with Crippen molar-refractivity contribution >= 4 is 17.4 Å². The van der Waals surface area contributed by atoms with Crippen LogP contribution >= 0.6 is 0 Å². The number of carbonyl (C=O) groups is 1. The highest BCUT2D eigenvalue weighted by Gasteiger charge is 2.39. The van der Waals surface area contributed by atoms with Crippen LogP contribution in [0.5, 0.6) is 0 Å². The van der Waals surface area contributed by atoms with Gasteiger partial charge >= 0.3 is 0 Å². The molecule has 118 valence electrons. The van der Waals surface area contributed by atoms with Gasteiger partial charge in [0.2, 0.25) is 0 Å². The van der Waals surface area contributed by atoms with E-state index in [4.69, 9.17) is 4.74 Å². The van der Waals surface area contributed by atoms with Gasteiger partial charge in [-0.3, -0.25) is 4.79 Å². The summed E-state index contributed by atoms with van der Waals surface area (Å²) in [7, 11) is 0. The third-order valence-corrected chi connectivity index (χ3v) is 4.46. The monoisotopic (exact) mass is 310 g/mol. The summed E-state index contributed by atoms with van der Waals surface area (Å²) in [6.45, 7) is 3.04. The fourth-order valence-corrected chi connectivity index (χ4v) is 3.23. The molecule has 2 aromatic rings. The Labute approximate surface area is 134 Å². The van der Waals surface area contributed by atoms with Gasteiger partial charge in [-0.05, 0) is 12.1 Å². The molecule has 6 nitrogen and oxygen atoms in total. The lowest BCUT2D eigenvalue weighted by Gasteiger charge is -2.17. The number of nitrogens with zero attached hydrogens (tertiary/aromatic N) is 3. The Hall–Kier alpha value is -2.47. The summed E-state index contributed by atoms with van der Waals surface area (Å²) in [5.74, 6) is 1.54. The van der Waals surface area contributed by atoms with Crippen LogP contribution < -0.4 is 5.32 Å². The Morgan fingerprint density at radius 1 is 1.13 bits per heavy atom. The van der Waals surface area contributed by atoms with Crippen molar-refractivity contribution in [2.45, 2.75) is 0 Å². The predicted octanol–water partition coefficient (Wildman–Crippen LogP) is 1.94. The first-order valence-electron chi connectivity index (χ1n) is 7.81. The molecular formula is C17H18N4O2. The molecule has 2 aliphatic heterocycles. The van der Waals surface area contributed by atoms with E-state index in [0.29, 0.717) is 23.3 Å². The van der Waals surface area contributed by atoms with Crippen LogP contribution in [0.25, 0.3) is 0 Å². The standard InChI is InChI=1S/C17H18N4O2/c22-17(21-7-12-9-23-10-13(12)8-21)15-6-16(19-11-18-15)20-14-4-2-1-3-5-14/h1-6,11-13H,7-10H2,(H,18,19,20)/t12-,13+. The minimum Gasteiger partial charge on any atom is -0.381 e. The van der Waals surface area contributed by atoms with Crippen molar-refractivity contribution in [2.24, 2.45) is 11.8 Å². The molecule has 4 rings (SSSR count). The van der Waals surface area contributed by atoms with Gasteiger partial charge < -0.3 is 15.0 Å². The van der Waals surface area contributed by atoms with Crippen molar-refractivity contribution in [3.63, 3.8) is 0 Å². The zero-order valence-corrected chi connectivity index (χ0v) is 12.7. The molecule has 0 unspecified atom stereocenters. The summed E-state index contributed by atoms with van der Waals surface area (Å²) in [4.78, 5) is 22.9. The Balaban J connectivity index is 1.49. The number of para-hydroxylation sites is 1. The topological polar surface area (TPSA) is 67.4 Å². The summed E-state index contributed by atoms with van der Waals surface area (Å²) in [6, 6.07) is 11.5. The van der Waals surface area contributed by atoms with Gasteiger partial charge in [0.25, 0.3) is 5.91 Å². The normalized spacial score (nSPS) is 22.9. The average Bonchev–Trinajstić information content (AvgIpc) is 3.17. The number of nitrogens with one attached hydrogen (secondary N) is 1. The Kier molecular flexibility index (Phi) is 3.67. The van der Waals surface area contributed by atoms with Crippen LogP contribution in [0.3, 0.4) is 0 Å². The lowest BCUT2D eigenvalue weighted by Crippen LogP contribution is -2.31. The molecule has 1 aromatic heterocycles. The summed E-state index contributed by atoms with van der Waals surface area (Å²) in [6.07, 6.45) is 1.43. The van der Waals surface area contributed by atoms with Crippen molar-refractivity contribution in [2.75, 3.05) is 31.6 Å². The van der Waals surface area contributed by atoms with Crippen LogP contribution in [0.1, 0.15) is 10.5 Å². The summed E-state index contributed by atoms with van der Waals surface area (Å²) in [5, 5.41) is 3.19. The number of ether oxygens (including phenoxy) is 1. The van der Waals surface area contributed by atoms with E-state index in [1.165, 1.54) is 6.33 Å². The van der Waals surface area contributed by atoms with Crippen molar-refractivity contribution in [3.8, 4) is 0 Å². The van der Waals surface area contributed by atoms with E-state index in [1.807, 2.05) is 35.2 Å². The molecule has 1 N–H and O–H groups in total. The van der Waals surface area contributed by atoms with Gasteiger partial charge in [-0.2, -0.15) is 0 Å². The third kappa shape index (κ3) is 2.90. The number of aromatic nitrogens is 2. The summed E-state index contributed by atoms with van der Waals surface area (Å²) in [5.41, 5.74) is 1.36. The van der Waals surface area contributed by atoms with Gasteiger partial charge in [0.1, 0.15) is 17.8 Å². The van der Waals surface area contributed by atoms with E-state index in [0.717, 1.165) is 32.0 Å². The van der Waals surface area contributed by atoms with Crippen LogP contribution in [0.2, 0.25) is 0 Å². The SMILES string of the molecule is O=C(c1cc(Nc2ccccc2)ncn1)N1C[C@H]2COC[C@H]2C1. The first-order valence-corrected chi connectivity index (χ1v) is 7.81. The third-order valence-electron chi connectivity index (χ3n) is 4.46. The first kappa shape index (κ1) is 14.1. The Morgan fingerprint density at radius 2 is 1.87 bits per heavy atom. The number of fused-ring (bicyclic) bond motifs is 1. The fraction of sp³-hybridized carbons (Fsp3) is 0.353. The van der Waals surface area contributed by atoms with Gasteiger partial charge in [-0.1, -0.05) is 18.2 Å². The molecule has 2 aliphatic rings. The van der Waals surface area contributed by atoms with Crippen molar-refractivity contribution in [3.05, 3.63) is 48.4 Å². The highest BCUT2D eigenvalue weighted by atomic mass is 16.5. The van der Waals surface area contributed by atoms with Gasteiger partial charge in [-0.25, -0.2) is 9.97 Å². The second-order valence-corrected chi connectivity index (χ2v) is 6.05. The van der Waals surface area contributed by atoms with Gasteiger partial charge in [-0.15, -0.1) is 0 Å². The quantitative estimate of drug-likeness (QED) is 0.938. The van der Waals surface area contributed by atoms with Gasteiger partial charge in [0, 0.05) is 36.7 Å². The molecule has 2 atom stereocenters. The zero-order chi connectivity index (χ0) is 15.6. The highest BCUT2D eigenvalue weighted by Crippen LogP contribution is 2.30. The molecule has 0 saturated carbocycles. The molecule has 1 amide bonds. The van der Waals surface area contributed by atoms with Crippen LogP contribution in [0, 0.1) is 11.8 Å². The number of rotatable bonds is 3.